The molecule has 1 fully saturated rings. The minimum Gasteiger partial charge on any atom is -0.507 e. The second kappa shape index (κ2) is 9.05. The van der Waals surface area contributed by atoms with Crippen molar-refractivity contribution in [2.45, 2.75) is 6.04 Å². The zero-order valence-corrected chi connectivity index (χ0v) is 18.4. The number of halogens is 3. The molecular formula is C25H18F3NO6. The largest absolute Gasteiger partial charge is 0.507 e. The van der Waals surface area contributed by atoms with E-state index < -0.39 is 46.5 Å². The Hall–Kier alpha value is -4.47. The lowest BCUT2D eigenvalue weighted by atomic mass is 9.94. The van der Waals surface area contributed by atoms with E-state index in [2.05, 4.69) is 0 Å². The maximum Gasteiger partial charge on any atom is 0.300 e. The first-order chi connectivity index (χ1) is 16.7. The van der Waals surface area contributed by atoms with Crippen molar-refractivity contribution < 1.29 is 42.4 Å². The molecule has 35 heavy (non-hydrogen) atoms. The number of phenols is 1. The molecule has 0 aliphatic carbocycles. The average Bonchev–Trinajstić information content (AvgIpc) is 3.10. The number of hydrogen-bond acceptors (Lipinski definition) is 6. The van der Waals surface area contributed by atoms with Crippen molar-refractivity contribution in [3.8, 4) is 17.2 Å². The van der Waals surface area contributed by atoms with Gasteiger partial charge in [-0.05, 0) is 48.0 Å². The highest BCUT2D eigenvalue weighted by atomic mass is 19.2. The van der Waals surface area contributed by atoms with Gasteiger partial charge in [-0.3, -0.25) is 14.5 Å². The van der Waals surface area contributed by atoms with Crippen LogP contribution in [-0.2, 0) is 9.59 Å². The second-order valence-electron chi connectivity index (χ2n) is 7.54. The van der Waals surface area contributed by atoms with Gasteiger partial charge in [0.05, 0.1) is 31.4 Å². The van der Waals surface area contributed by atoms with Crippen LogP contribution in [0.4, 0.5) is 18.9 Å². The Kier molecular flexibility index (Phi) is 6.12. The summed E-state index contributed by atoms with van der Waals surface area (Å²) in [5.74, 6) is -6.52. The molecule has 1 heterocycles. The molecule has 1 amide bonds. The summed E-state index contributed by atoms with van der Waals surface area (Å²) < 4.78 is 51.8. The molecule has 1 atom stereocenters. The molecule has 0 bridgehead atoms. The number of methoxy groups -OCH3 is 2. The highest BCUT2D eigenvalue weighted by Gasteiger charge is 2.47. The second-order valence-corrected chi connectivity index (χ2v) is 7.54. The Morgan fingerprint density at radius 2 is 1.57 bits per heavy atom. The molecule has 3 aromatic carbocycles. The molecule has 10 heteroatoms. The number of aromatic hydroxyl groups is 1. The van der Waals surface area contributed by atoms with Crippen molar-refractivity contribution in [3.05, 3.63) is 88.7 Å². The van der Waals surface area contributed by atoms with E-state index in [1.165, 1.54) is 38.5 Å². The van der Waals surface area contributed by atoms with Gasteiger partial charge in [-0.1, -0.05) is 6.07 Å². The SMILES string of the molecule is COc1ccc(C2/C(=C(\O)c3cc(F)ccc3OC)C(=O)C(=O)N2c2ccc(F)c(F)c2)cc1O. The lowest BCUT2D eigenvalue weighted by molar-refractivity contribution is -0.132. The number of aliphatic hydroxyl groups is 1. The molecule has 7 nitrogen and oxygen atoms in total. The van der Waals surface area contributed by atoms with E-state index in [9.17, 15) is 33.0 Å². The van der Waals surface area contributed by atoms with Gasteiger partial charge >= 0.3 is 0 Å². The lowest BCUT2D eigenvalue weighted by Crippen LogP contribution is -2.29. The van der Waals surface area contributed by atoms with Crippen LogP contribution >= 0.6 is 0 Å². The molecule has 180 valence electrons. The summed E-state index contributed by atoms with van der Waals surface area (Å²) in [6.45, 7) is 0. The molecular weight excluding hydrogens is 467 g/mol. The fourth-order valence-electron chi connectivity index (χ4n) is 3.94. The van der Waals surface area contributed by atoms with Crippen LogP contribution in [0.5, 0.6) is 17.2 Å². The van der Waals surface area contributed by atoms with Gasteiger partial charge in [0.2, 0.25) is 0 Å². The van der Waals surface area contributed by atoms with Crippen molar-refractivity contribution in [2.24, 2.45) is 0 Å². The summed E-state index contributed by atoms with van der Waals surface area (Å²) in [6.07, 6.45) is 0. The van der Waals surface area contributed by atoms with Crippen LogP contribution in [0.3, 0.4) is 0 Å². The van der Waals surface area contributed by atoms with E-state index in [0.29, 0.717) is 0 Å². The van der Waals surface area contributed by atoms with E-state index in [0.717, 1.165) is 35.2 Å². The number of hydrogen-bond donors (Lipinski definition) is 2. The zero-order chi connectivity index (χ0) is 25.4. The number of phenolic OH excluding ortho intramolecular Hbond substituents is 1. The number of Topliss-reactive ketones (excluding diaryl/α,β-unsaturated/α-hetero) is 1. The van der Waals surface area contributed by atoms with E-state index in [1.807, 2.05) is 0 Å². The Balaban J connectivity index is 2.01. The van der Waals surface area contributed by atoms with Crippen LogP contribution in [0.1, 0.15) is 17.2 Å². The first kappa shape index (κ1) is 23.7. The summed E-state index contributed by atoms with van der Waals surface area (Å²) in [5.41, 5.74) is -0.743. The monoisotopic (exact) mass is 485 g/mol. The number of benzene rings is 3. The molecule has 1 aliphatic heterocycles. The van der Waals surface area contributed by atoms with Gasteiger partial charge < -0.3 is 19.7 Å². The third-order valence-corrected chi connectivity index (χ3v) is 5.56. The highest BCUT2D eigenvalue weighted by Crippen LogP contribution is 2.45. The van der Waals surface area contributed by atoms with Crippen molar-refractivity contribution >= 4 is 23.1 Å². The predicted octanol–water partition coefficient (Wildman–Crippen LogP) is 4.45. The number of aliphatic hydroxyl groups excluding tert-OH is 1. The van der Waals surface area contributed by atoms with E-state index in [1.54, 1.807) is 0 Å². The van der Waals surface area contributed by atoms with Crippen LogP contribution in [0.2, 0.25) is 0 Å². The number of rotatable bonds is 5. The molecule has 1 unspecified atom stereocenters. The normalized spacial score (nSPS) is 17.1. The number of carbonyl (C=O) groups excluding carboxylic acids is 2. The first-order valence-electron chi connectivity index (χ1n) is 10.1. The van der Waals surface area contributed by atoms with Crippen molar-refractivity contribution in [1.82, 2.24) is 0 Å². The van der Waals surface area contributed by atoms with Crippen LogP contribution < -0.4 is 14.4 Å². The number of ketones is 1. The van der Waals surface area contributed by atoms with E-state index in [4.69, 9.17) is 9.47 Å². The van der Waals surface area contributed by atoms with Gasteiger partial charge in [-0.2, -0.15) is 0 Å². The van der Waals surface area contributed by atoms with Gasteiger partial charge in [-0.25, -0.2) is 13.2 Å². The summed E-state index contributed by atoms with van der Waals surface area (Å²) in [4.78, 5) is 27.1. The van der Waals surface area contributed by atoms with Crippen molar-refractivity contribution in [1.29, 1.82) is 0 Å². The van der Waals surface area contributed by atoms with Gasteiger partial charge in [0.1, 0.15) is 17.3 Å². The molecule has 1 saturated heterocycles. The Morgan fingerprint density at radius 1 is 0.886 bits per heavy atom. The smallest absolute Gasteiger partial charge is 0.300 e. The quantitative estimate of drug-likeness (QED) is 0.315. The van der Waals surface area contributed by atoms with E-state index >= 15 is 0 Å². The van der Waals surface area contributed by atoms with Crippen molar-refractivity contribution in [3.63, 3.8) is 0 Å². The fourth-order valence-corrected chi connectivity index (χ4v) is 3.94. The van der Waals surface area contributed by atoms with Crippen LogP contribution in [0.25, 0.3) is 5.76 Å². The standard InChI is InChI=1S/C25H18F3NO6/c1-34-19-8-4-13(26)10-15(19)23(31)21-22(12-3-7-20(35-2)18(30)9-12)29(25(33)24(21)32)14-5-6-16(27)17(28)11-14/h3-11,22,30-31H,1-2H3/b23-21+. The molecule has 2 N–H and O–H groups in total. The summed E-state index contributed by atoms with van der Waals surface area (Å²) in [6, 6.07) is 8.38. The topological polar surface area (TPSA) is 96.3 Å². The highest BCUT2D eigenvalue weighted by molar-refractivity contribution is 6.51. The minimum atomic E-state index is -1.40. The Morgan fingerprint density at radius 3 is 2.20 bits per heavy atom. The average molecular weight is 485 g/mol. The minimum absolute atomic E-state index is 0.0132. The summed E-state index contributed by atoms with van der Waals surface area (Å²) >= 11 is 0. The first-order valence-corrected chi connectivity index (χ1v) is 10.1. The number of nitrogens with zero attached hydrogens (tertiary/aromatic N) is 1. The maximum absolute atomic E-state index is 14.0. The van der Waals surface area contributed by atoms with E-state index in [-0.39, 0.29) is 34.1 Å². The van der Waals surface area contributed by atoms with Crippen LogP contribution in [0.15, 0.2) is 60.2 Å². The molecule has 4 rings (SSSR count). The predicted molar refractivity (Wildman–Crippen MR) is 119 cm³/mol. The van der Waals surface area contributed by atoms with Crippen molar-refractivity contribution in [2.75, 3.05) is 19.1 Å². The Labute approximate surface area is 197 Å². The summed E-state index contributed by atoms with van der Waals surface area (Å²) in [7, 11) is 2.58. The molecule has 0 aromatic heterocycles. The Bertz CT molecular complexity index is 1390. The third-order valence-electron chi connectivity index (χ3n) is 5.56. The molecule has 3 aromatic rings. The maximum atomic E-state index is 14.0. The van der Waals surface area contributed by atoms with Crippen LogP contribution in [-0.4, -0.2) is 36.1 Å². The van der Waals surface area contributed by atoms with Gasteiger partial charge in [-0.15, -0.1) is 0 Å². The van der Waals surface area contributed by atoms with Gasteiger partial charge in [0.15, 0.2) is 23.1 Å². The fraction of sp³-hybridized carbons (Fsp3) is 0.120. The molecule has 0 saturated carbocycles. The number of anilines is 1. The van der Waals surface area contributed by atoms with Crippen LogP contribution in [0, 0.1) is 17.5 Å². The molecule has 0 spiro atoms. The number of carbonyl (C=O) groups is 2. The third kappa shape index (κ3) is 4.03. The van der Waals surface area contributed by atoms with Gasteiger partial charge in [0, 0.05) is 11.8 Å². The zero-order valence-electron chi connectivity index (χ0n) is 18.4. The number of ether oxygens (including phenoxy) is 2. The van der Waals surface area contributed by atoms with Gasteiger partial charge in [0.25, 0.3) is 11.7 Å². The molecule has 1 aliphatic rings. The molecule has 0 radical (unpaired) electrons. The lowest BCUT2D eigenvalue weighted by Gasteiger charge is -2.26. The summed E-state index contributed by atoms with van der Waals surface area (Å²) in [5, 5.41) is 21.4. The number of amides is 1.